The fourth-order valence-electron chi connectivity index (χ4n) is 1.13. The van der Waals surface area contributed by atoms with E-state index in [0.29, 0.717) is 11.4 Å². The first-order valence-electron chi connectivity index (χ1n) is 5.51. The molecule has 0 unspecified atom stereocenters. The van der Waals surface area contributed by atoms with Gasteiger partial charge in [0.25, 0.3) is 0 Å². The summed E-state index contributed by atoms with van der Waals surface area (Å²) in [6.07, 6.45) is 0. The molecule has 1 aromatic carbocycles. The van der Waals surface area contributed by atoms with Crippen molar-refractivity contribution in [2.45, 2.75) is 19.9 Å². The number of anilines is 2. The number of carbonyl (C=O) groups is 1. The lowest BCUT2D eigenvalue weighted by atomic mass is 10.2. The first kappa shape index (κ1) is 17.7. The number of sulfonamides is 1. The van der Waals surface area contributed by atoms with Gasteiger partial charge >= 0.3 is 0 Å². The summed E-state index contributed by atoms with van der Waals surface area (Å²) in [6, 6.07) is 5.76. The van der Waals surface area contributed by atoms with E-state index in [-0.39, 0.29) is 24.1 Å². The summed E-state index contributed by atoms with van der Waals surface area (Å²) in [7, 11) is -3.28. The van der Waals surface area contributed by atoms with Crippen LogP contribution in [0.5, 0.6) is 0 Å². The summed E-state index contributed by atoms with van der Waals surface area (Å²) in [5.41, 5.74) is 6.43. The summed E-state index contributed by atoms with van der Waals surface area (Å²) in [4.78, 5) is 11.3. The van der Waals surface area contributed by atoms with E-state index in [1.54, 1.807) is 38.1 Å². The number of hydrogen-bond donors (Lipinski definition) is 3. The van der Waals surface area contributed by atoms with Crippen LogP contribution in [-0.2, 0) is 14.8 Å². The Morgan fingerprint density at radius 1 is 1.26 bits per heavy atom. The molecule has 0 bridgehead atoms. The Morgan fingerprint density at radius 2 is 1.74 bits per heavy atom. The number of nitrogens with one attached hydrogen (secondary N) is 2. The minimum absolute atomic E-state index is 0. The Kier molecular flexibility index (Phi) is 6.82. The highest BCUT2D eigenvalue weighted by Crippen LogP contribution is 2.14. The van der Waals surface area contributed by atoms with Gasteiger partial charge in [-0.15, -0.1) is 12.4 Å². The number of halogens is 1. The van der Waals surface area contributed by atoms with Gasteiger partial charge in [0, 0.05) is 11.4 Å². The van der Waals surface area contributed by atoms with E-state index in [2.05, 4.69) is 10.0 Å². The van der Waals surface area contributed by atoms with Crippen LogP contribution < -0.4 is 15.8 Å². The van der Waals surface area contributed by atoms with Crippen molar-refractivity contribution in [3.63, 3.8) is 0 Å². The average Bonchev–Trinajstić information content (AvgIpc) is 2.31. The van der Waals surface area contributed by atoms with Gasteiger partial charge in [-0.1, -0.05) is 0 Å². The van der Waals surface area contributed by atoms with Crippen LogP contribution in [0.3, 0.4) is 0 Å². The van der Waals surface area contributed by atoms with Crippen LogP contribution in [0, 0.1) is 0 Å². The van der Waals surface area contributed by atoms with Crippen molar-refractivity contribution < 1.29 is 13.2 Å². The van der Waals surface area contributed by atoms with Gasteiger partial charge in [0.2, 0.25) is 15.9 Å². The number of carbonyl (C=O) groups excluding carboxylic acids is 1. The highest BCUT2D eigenvalue weighted by molar-refractivity contribution is 7.92. The third-order valence-electron chi connectivity index (χ3n) is 2.22. The largest absolute Gasteiger partial charge is 0.325 e. The molecule has 6 nitrogen and oxygen atoms in total. The topological polar surface area (TPSA) is 101 Å². The van der Waals surface area contributed by atoms with Crippen LogP contribution >= 0.6 is 12.4 Å². The zero-order valence-electron chi connectivity index (χ0n) is 10.7. The minimum atomic E-state index is -3.28. The zero-order chi connectivity index (χ0) is 13.8. The van der Waals surface area contributed by atoms with Crippen molar-refractivity contribution in [1.82, 2.24) is 0 Å². The van der Waals surface area contributed by atoms with Crippen LogP contribution in [0.1, 0.15) is 13.8 Å². The van der Waals surface area contributed by atoms with Crippen molar-refractivity contribution in [1.29, 1.82) is 0 Å². The summed E-state index contributed by atoms with van der Waals surface area (Å²) in [6.45, 7) is 3.14. The van der Waals surface area contributed by atoms with E-state index < -0.39 is 16.1 Å². The Labute approximate surface area is 119 Å². The molecule has 0 saturated carbocycles. The van der Waals surface area contributed by atoms with Gasteiger partial charge in [0.1, 0.15) is 0 Å². The number of rotatable bonds is 5. The minimum Gasteiger partial charge on any atom is -0.325 e. The van der Waals surface area contributed by atoms with E-state index in [1.807, 2.05) is 0 Å². The Hall–Kier alpha value is -1.31. The second-order valence-corrected chi connectivity index (χ2v) is 5.87. The molecule has 0 aliphatic rings. The molecular formula is C11H18ClN3O3S. The van der Waals surface area contributed by atoms with E-state index in [9.17, 15) is 13.2 Å². The molecule has 1 atom stereocenters. The first-order chi connectivity index (χ1) is 8.34. The third-order valence-corrected chi connectivity index (χ3v) is 3.53. The molecule has 108 valence electrons. The molecule has 0 aromatic heterocycles. The van der Waals surface area contributed by atoms with Gasteiger partial charge in [0.15, 0.2) is 0 Å². The molecule has 0 spiro atoms. The maximum absolute atomic E-state index is 11.3. The van der Waals surface area contributed by atoms with Gasteiger partial charge in [-0.3, -0.25) is 9.52 Å². The SMILES string of the molecule is CCS(=O)(=O)Nc1ccc(NC(=O)[C@@H](C)N)cc1.Cl. The fourth-order valence-corrected chi connectivity index (χ4v) is 1.77. The van der Waals surface area contributed by atoms with Crippen molar-refractivity contribution in [3.05, 3.63) is 24.3 Å². The molecule has 0 heterocycles. The smallest absolute Gasteiger partial charge is 0.240 e. The molecule has 0 aliphatic heterocycles. The van der Waals surface area contributed by atoms with Gasteiger partial charge < -0.3 is 11.1 Å². The van der Waals surface area contributed by atoms with Crippen molar-refractivity contribution in [2.75, 3.05) is 15.8 Å². The molecular weight excluding hydrogens is 290 g/mol. The Bertz CT molecular complexity index is 514. The molecule has 8 heteroatoms. The summed E-state index contributed by atoms with van der Waals surface area (Å²) in [5, 5.41) is 2.60. The molecule has 0 fully saturated rings. The van der Waals surface area contributed by atoms with E-state index in [4.69, 9.17) is 5.73 Å². The maximum atomic E-state index is 11.3. The molecule has 19 heavy (non-hydrogen) atoms. The maximum Gasteiger partial charge on any atom is 0.240 e. The molecule has 0 aliphatic carbocycles. The van der Waals surface area contributed by atoms with Crippen molar-refractivity contribution in [3.8, 4) is 0 Å². The molecule has 0 radical (unpaired) electrons. The second-order valence-electron chi connectivity index (χ2n) is 3.86. The number of nitrogens with two attached hydrogens (primary N) is 1. The Morgan fingerprint density at radius 3 is 2.16 bits per heavy atom. The second kappa shape index (κ2) is 7.32. The number of hydrogen-bond acceptors (Lipinski definition) is 4. The molecule has 0 saturated heterocycles. The zero-order valence-corrected chi connectivity index (χ0v) is 12.3. The predicted octanol–water partition coefficient (Wildman–Crippen LogP) is 1.16. The van der Waals surface area contributed by atoms with E-state index in [0.717, 1.165) is 0 Å². The normalized spacial score (nSPS) is 12.2. The van der Waals surface area contributed by atoms with Crippen molar-refractivity contribution >= 4 is 39.7 Å². The van der Waals surface area contributed by atoms with E-state index in [1.165, 1.54) is 0 Å². The quantitative estimate of drug-likeness (QED) is 0.759. The van der Waals surface area contributed by atoms with Crippen LogP contribution in [0.25, 0.3) is 0 Å². The van der Waals surface area contributed by atoms with Gasteiger partial charge in [-0.05, 0) is 38.1 Å². The lowest BCUT2D eigenvalue weighted by Crippen LogP contribution is -2.32. The van der Waals surface area contributed by atoms with Crippen LogP contribution in [0.15, 0.2) is 24.3 Å². The summed E-state index contributed by atoms with van der Waals surface area (Å²) in [5.74, 6) is -0.284. The predicted molar refractivity (Wildman–Crippen MR) is 79.1 cm³/mol. The molecule has 1 rings (SSSR count). The third kappa shape index (κ3) is 5.91. The van der Waals surface area contributed by atoms with Gasteiger partial charge in [-0.25, -0.2) is 8.42 Å². The highest BCUT2D eigenvalue weighted by Gasteiger charge is 2.08. The first-order valence-corrected chi connectivity index (χ1v) is 7.16. The monoisotopic (exact) mass is 307 g/mol. The van der Waals surface area contributed by atoms with E-state index >= 15 is 0 Å². The molecule has 1 amide bonds. The van der Waals surface area contributed by atoms with Crippen LogP contribution in [0.4, 0.5) is 11.4 Å². The summed E-state index contributed by atoms with van der Waals surface area (Å²) < 4.78 is 25.1. The van der Waals surface area contributed by atoms with Crippen LogP contribution in [0.2, 0.25) is 0 Å². The average molecular weight is 308 g/mol. The lowest BCUT2D eigenvalue weighted by molar-refractivity contribution is -0.117. The van der Waals surface area contributed by atoms with Gasteiger partial charge in [-0.2, -0.15) is 0 Å². The standard InChI is InChI=1S/C11H17N3O3S.ClH/c1-3-18(16,17)14-10-6-4-9(5-7-10)13-11(15)8(2)12;/h4-8,14H,3,12H2,1-2H3,(H,13,15);1H/t8-;/m1./s1. The van der Waals surface area contributed by atoms with Gasteiger partial charge in [0.05, 0.1) is 11.8 Å². The Balaban J connectivity index is 0.00000324. The lowest BCUT2D eigenvalue weighted by Gasteiger charge is -2.09. The number of amides is 1. The molecule has 1 aromatic rings. The van der Waals surface area contributed by atoms with Crippen molar-refractivity contribution in [2.24, 2.45) is 5.73 Å². The summed E-state index contributed by atoms with van der Waals surface area (Å²) >= 11 is 0. The highest BCUT2D eigenvalue weighted by atomic mass is 35.5. The fraction of sp³-hybridized carbons (Fsp3) is 0.364. The van der Waals surface area contributed by atoms with Crippen LogP contribution in [-0.4, -0.2) is 26.1 Å². The number of benzene rings is 1. The molecule has 4 N–H and O–H groups in total.